The van der Waals surface area contributed by atoms with E-state index in [9.17, 15) is 9.59 Å². The molecule has 5 rings (SSSR count). The Bertz CT molecular complexity index is 1570. The molecule has 4 heterocycles. The van der Waals surface area contributed by atoms with Crippen LogP contribution < -0.4 is 14.9 Å². The number of esters is 1. The Morgan fingerprint density at radius 3 is 2.74 bits per heavy atom. The average molecular weight is 511 g/mol. The van der Waals surface area contributed by atoms with E-state index in [2.05, 4.69) is 4.99 Å². The highest BCUT2D eigenvalue weighted by Crippen LogP contribution is 2.33. The van der Waals surface area contributed by atoms with E-state index in [1.54, 1.807) is 36.6 Å². The summed E-state index contributed by atoms with van der Waals surface area (Å²) in [7, 11) is 0. The molecule has 0 fully saturated rings. The Hall–Kier alpha value is -3.20. The largest absolute Gasteiger partial charge is 0.463 e. The summed E-state index contributed by atoms with van der Waals surface area (Å²) in [6, 6.07) is 14.2. The monoisotopic (exact) mass is 510 g/mol. The molecular formula is C25H19ClN2O4S2. The summed E-state index contributed by atoms with van der Waals surface area (Å²) in [5.74, 6) is 0.756. The predicted molar refractivity (Wildman–Crippen MR) is 134 cm³/mol. The Labute approximate surface area is 207 Å². The number of hydrogen-bond donors (Lipinski definition) is 0. The molecule has 172 valence electrons. The standard InChI is InChI=1S/C25H19ClN2O4S2/c1-3-31-24(30)21-14(2)27-25-28(22(21)19-5-4-12-33-19)23(29)20(34-25)13-17-10-11-18(32-17)15-6-8-16(26)9-7-15/h4-13,22H,3H2,1-2H3/b20-13+/t22-/m0/s1. The molecule has 0 saturated carbocycles. The maximum atomic E-state index is 13.5. The summed E-state index contributed by atoms with van der Waals surface area (Å²) >= 11 is 8.72. The SMILES string of the molecule is CCOC(=O)C1=C(C)N=c2s/c(=C/c3ccc(-c4ccc(Cl)cc4)o3)c(=O)n2[C@H]1c1cccs1. The van der Waals surface area contributed by atoms with E-state index in [1.165, 1.54) is 22.7 Å². The summed E-state index contributed by atoms with van der Waals surface area (Å²) in [4.78, 5) is 32.3. The zero-order valence-corrected chi connectivity index (χ0v) is 20.7. The van der Waals surface area contributed by atoms with Gasteiger partial charge in [0.1, 0.15) is 17.6 Å². The number of fused-ring (bicyclic) bond motifs is 1. The lowest BCUT2D eigenvalue weighted by Gasteiger charge is -2.23. The fourth-order valence-corrected chi connectivity index (χ4v) is 5.81. The molecule has 1 aliphatic rings. The van der Waals surface area contributed by atoms with Crippen molar-refractivity contribution in [1.82, 2.24) is 4.57 Å². The van der Waals surface area contributed by atoms with E-state index in [1.807, 2.05) is 41.8 Å². The number of thiazole rings is 1. The number of rotatable bonds is 5. The van der Waals surface area contributed by atoms with Crippen LogP contribution in [0.15, 0.2) is 79.4 Å². The fraction of sp³-hybridized carbons (Fsp3) is 0.160. The topological polar surface area (TPSA) is 73.8 Å². The summed E-state index contributed by atoms with van der Waals surface area (Å²) in [6.07, 6.45) is 1.71. The second-order valence-corrected chi connectivity index (χ2v) is 9.95. The fourth-order valence-electron chi connectivity index (χ4n) is 3.84. The molecule has 9 heteroatoms. The van der Waals surface area contributed by atoms with E-state index in [0.29, 0.717) is 37.1 Å². The van der Waals surface area contributed by atoms with Gasteiger partial charge in [-0.1, -0.05) is 29.0 Å². The van der Waals surface area contributed by atoms with Crippen molar-refractivity contribution in [2.24, 2.45) is 4.99 Å². The van der Waals surface area contributed by atoms with Crippen LogP contribution in [-0.2, 0) is 9.53 Å². The molecule has 0 aliphatic carbocycles. The summed E-state index contributed by atoms with van der Waals surface area (Å²) in [5, 5.41) is 2.57. The van der Waals surface area contributed by atoms with E-state index in [0.717, 1.165) is 10.4 Å². The smallest absolute Gasteiger partial charge is 0.338 e. The number of benzene rings is 1. The first kappa shape index (κ1) is 22.6. The van der Waals surface area contributed by atoms with Crippen LogP contribution in [0.25, 0.3) is 17.4 Å². The lowest BCUT2D eigenvalue weighted by molar-refractivity contribution is -0.139. The van der Waals surface area contributed by atoms with Crippen molar-refractivity contribution in [3.63, 3.8) is 0 Å². The van der Waals surface area contributed by atoms with Crippen LogP contribution in [0.4, 0.5) is 0 Å². The van der Waals surface area contributed by atoms with E-state index >= 15 is 0 Å². The molecule has 6 nitrogen and oxygen atoms in total. The maximum absolute atomic E-state index is 13.5. The Balaban J connectivity index is 1.61. The minimum absolute atomic E-state index is 0.235. The number of carbonyl (C=O) groups excluding carboxylic acids is 1. The average Bonchev–Trinajstić information content (AvgIpc) is 3.56. The van der Waals surface area contributed by atoms with E-state index < -0.39 is 12.0 Å². The second-order valence-electron chi connectivity index (χ2n) is 7.53. The minimum atomic E-state index is -0.585. The van der Waals surface area contributed by atoms with E-state index in [4.69, 9.17) is 20.8 Å². The molecule has 4 aromatic rings. The van der Waals surface area contributed by atoms with Gasteiger partial charge in [0, 0.05) is 21.5 Å². The summed E-state index contributed by atoms with van der Waals surface area (Å²) in [6.45, 7) is 3.77. The zero-order chi connectivity index (χ0) is 23.8. The van der Waals surface area contributed by atoms with Crippen molar-refractivity contribution in [2.45, 2.75) is 19.9 Å². The molecule has 1 atom stereocenters. The summed E-state index contributed by atoms with van der Waals surface area (Å²) < 4.78 is 13.3. The van der Waals surface area contributed by atoms with Crippen LogP contribution in [0.5, 0.6) is 0 Å². The van der Waals surface area contributed by atoms with Gasteiger partial charge < -0.3 is 9.15 Å². The van der Waals surface area contributed by atoms with Gasteiger partial charge in [0.15, 0.2) is 4.80 Å². The first-order valence-corrected chi connectivity index (χ1v) is 12.6. The third-order valence-electron chi connectivity index (χ3n) is 5.36. The van der Waals surface area contributed by atoms with Gasteiger partial charge in [-0.2, -0.15) is 0 Å². The number of furan rings is 1. The van der Waals surface area contributed by atoms with Crippen molar-refractivity contribution < 1.29 is 13.9 Å². The van der Waals surface area contributed by atoms with Gasteiger partial charge in [0.2, 0.25) is 0 Å². The number of carbonyl (C=O) groups is 1. The van der Waals surface area contributed by atoms with Crippen LogP contribution in [0.1, 0.15) is 30.5 Å². The summed E-state index contributed by atoms with van der Waals surface area (Å²) in [5.41, 5.74) is 1.58. The predicted octanol–water partition coefficient (Wildman–Crippen LogP) is 4.77. The van der Waals surface area contributed by atoms with Gasteiger partial charge in [-0.25, -0.2) is 9.79 Å². The first-order chi connectivity index (χ1) is 16.5. The maximum Gasteiger partial charge on any atom is 0.338 e. The number of ether oxygens (including phenoxy) is 1. The molecule has 0 unspecified atom stereocenters. The Morgan fingerprint density at radius 1 is 1.24 bits per heavy atom. The van der Waals surface area contributed by atoms with E-state index in [-0.39, 0.29) is 12.2 Å². The third kappa shape index (κ3) is 4.09. The molecule has 0 radical (unpaired) electrons. The highest BCUT2D eigenvalue weighted by atomic mass is 35.5. The second kappa shape index (κ2) is 9.21. The van der Waals surface area contributed by atoms with Crippen molar-refractivity contribution in [3.8, 4) is 11.3 Å². The van der Waals surface area contributed by atoms with Crippen LogP contribution in [-0.4, -0.2) is 17.1 Å². The lowest BCUT2D eigenvalue weighted by atomic mass is 10.0. The highest BCUT2D eigenvalue weighted by Gasteiger charge is 2.33. The number of hydrogen-bond acceptors (Lipinski definition) is 7. The van der Waals surface area contributed by atoms with Crippen molar-refractivity contribution in [2.75, 3.05) is 6.61 Å². The van der Waals surface area contributed by atoms with Crippen LogP contribution in [0.2, 0.25) is 5.02 Å². The number of halogens is 1. The number of nitrogens with zero attached hydrogens (tertiary/aromatic N) is 2. The van der Waals surface area contributed by atoms with Gasteiger partial charge in [-0.3, -0.25) is 9.36 Å². The number of thiophene rings is 1. The Kier molecular flexibility index (Phi) is 6.12. The minimum Gasteiger partial charge on any atom is -0.463 e. The van der Waals surface area contributed by atoms with Gasteiger partial charge in [-0.15, -0.1) is 11.3 Å². The van der Waals surface area contributed by atoms with Crippen molar-refractivity contribution in [3.05, 3.63) is 101 Å². The molecule has 0 spiro atoms. The van der Waals surface area contributed by atoms with Gasteiger partial charge in [0.05, 0.1) is 22.4 Å². The molecule has 0 amide bonds. The normalized spacial score (nSPS) is 15.9. The molecule has 3 aromatic heterocycles. The molecular weight excluding hydrogens is 492 g/mol. The van der Waals surface area contributed by atoms with Crippen molar-refractivity contribution in [1.29, 1.82) is 0 Å². The van der Waals surface area contributed by atoms with Crippen molar-refractivity contribution >= 4 is 46.3 Å². The van der Waals surface area contributed by atoms with Gasteiger partial charge in [-0.05, 0) is 61.7 Å². The lowest BCUT2D eigenvalue weighted by Crippen LogP contribution is -2.39. The zero-order valence-electron chi connectivity index (χ0n) is 18.3. The number of aromatic nitrogens is 1. The molecule has 1 aliphatic heterocycles. The molecule has 1 aromatic carbocycles. The highest BCUT2D eigenvalue weighted by molar-refractivity contribution is 7.10. The third-order valence-corrected chi connectivity index (χ3v) is 7.52. The number of allylic oxidation sites excluding steroid dienone is 1. The quantitative estimate of drug-likeness (QED) is 0.362. The van der Waals surface area contributed by atoms with Gasteiger partial charge >= 0.3 is 5.97 Å². The Morgan fingerprint density at radius 2 is 2.03 bits per heavy atom. The molecule has 0 N–H and O–H groups in total. The molecule has 0 bridgehead atoms. The van der Waals surface area contributed by atoms with Crippen LogP contribution in [0, 0.1) is 0 Å². The van der Waals surface area contributed by atoms with Crippen LogP contribution in [0.3, 0.4) is 0 Å². The molecule has 34 heavy (non-hydrogen) atoms. The molecule has 0 saturated heterocycles. The van der Waals surface area contributed by atoms with Gasteiger partial charge in [0.25, 0.3) is 5.56 Å². The van der Waals surface area contributed by atoms with Crippen LogP contribution >= 0.6 is 34.3 Å². The first-order valence-electron chi connectivity index (χ1n) is 10.5.